The number of anilines is 1. The molecule has 4 aromatic rings. The lowest BCUT2D eigenvalue weighted by Crippen LogP contribution is -2.12. The third kappa shape index (κ3) is 3.44. The van der Waals surface area contributed by atoms with E-state index >= 15 is 0 Å². The highest BCUT2D eigenvalue weighted by molar-refractivity contribution is 7.98. The Labute approximate surface area is 161 Å². The van der Waals surface area contributed by atoms with Crippen molar-refractivity contribution < 1.29 is 4.79 Å². The number of aromatic nitrogens is 3. The molecule has 0 radical (unpaired) electrons. The number of imidazole rings is 1. The zero-order valence-electron chi connectivity index (χ0n) is 15.0. The van der Waals surface area contributed by atoms with Crippen molar-refractivity contribution >= 4 is 34.3 Å². The van der Waals surface area contributed by atoms with Crippen LogP contribution in [0.1, 0.15) is 16.1 Å². The Kier molecular flexibility index (Phi) is 4.64. The molecule has 0 unspecified atom stereocenters. The minimum Gasteiger partial charge on any atom is -0.320 e. The largest absolute Gasteiger partial charge is 0.320 e. The molecule has 1 amide bonds. The zero-order chi connectivity index (χ0) is 18.8. The van der Waals surface area contributed by atoms with Gasteiger partial charge in [0, 0.05) is 34.7 Å². The number of nitrogens with zero attached hydrogens (tertiary/aromatic N) is 3. The molecular formula is C21H18N4OS. The second-order valence-electron chi connectivity index (χ2n) is 6.11. The Hall–Kier alpha value is -3.12. The number of hydrogen-bond donors (Lipinski definition) is 1. The lowest BCUT2D eigenvalue weighted by molar-refractivity contribution is 0.102. The van der Waals surface area contributed by atoms with Gasteiger partial charge >= 0.3 is 0 Å². The van der Waals surface area contributed by atoms with Gasteiger partial charge in [-0.3, -0.25) is 14.3 Å². The fraction of sp³-hybridized carbons (Fsp3) is 0.0952. The van der Waals surface area contributed by atoms with E-state index in [2.05, 4.69) is 15.3 Å². The van der Waals surface area contributed by atoms with E-state index in [0.29, 0.717) is 11.3 Å². The van der Waals surface area contributed by atoms with E-state index in [9.17, 15) is 4.79 Å². The Balaban J connectivity index is 1.60. The van der Waals surface area contributed by atoms with Gasteiger partial charge < -0.3 is 5.32 Å². The second kappa shape index (κ2) is 7.25. The van der Waals surface area contributed by atoms with E-state index in [1.54, 1.807) is 18.0 Å². The molecule has 0 aliphatic rings. The number of nitrogens with one attached hydrogen (secondary N) is 1. The highest BCUT2D eigenvalue weighted by Crippen LogP contribution is 2.23. The zero-order valence-corrected chi connectivity index (χ0v) is 15.8. The SMILES string of the molecule is CSc1nccn1-c1ccc(C(=O)Nc2cccc3ccc(C)nc23)cc1. The third-order valence-electron chi connectivity index (χ3n) is 4.30. The fourth-order valence-corrected chi connectivity index (χ4v) is 3.48. The number of carbonyl (C=O) groups is 1. The van der Waals surface area contributed by atoms with Crippen LogP contribution >= 0.6 is 11.8 Å². The Morgan fingerprint density at radius 2 is 1.89 bits per heavy atom. The highest BCUT2D eigenvalue weighted by atomic mass is 32.2. The van der Waals surface area contributed by atoms with E-state index in [4.69, 9.17) is 0 Å². The summed E-state index contributed by atoms with van der Waals surface area (Å²) in [7, 11) is 0. The maximum absolute atomic E-state index is 12.7. The first-order valence-corrected chi connectivity index (χ1v) is 9.74. The normalized spacial score (nSPS) is 10.9. The average Bonchev–Trinajstić information content (AvgIpc) is 3.17. The molecular weight excluding hydrogens is 356 g/mol. The van der Waals surface area contributed by atoms with Crippen molar-refractivity contribution in [3.05, 3.63) is 78.2 Å². The number of aryl methyl sites for hydroxylation is 1. The molecule has 134 valence electrons. The van der Waals surface area contributed by atoms with E-state index in [-0.39, 0.29) is 5.91 Å². The van der Waals surface area contributed by atoms with Gasteiger partial charge in [0.05, 0.1) is 11.2 Å². The molecule has 2 heterocycles. The molecule has 0 aliphatic carbocycles. The maximum atomic E-state index is 12.7. The van der Waals surface area contributed by atoms with Crippen molar-refractivity contribution in [2.45, 2.75) is 12.1 Å². The first kappa shape index (κ1) is 17.3. The summed E-state index contributed by atoms with van der Waals surface area (Å²) in [5.41, 5.74) is 3.98. The first-order chi connectivity index (χ1) is 13.2. The quantitative estimate of drug-likeness (QED) is 0.526. The summed E-state index contributed by atoms with van der Waals surface area (Å²) >= 11 is 1.58. The van der Waals surface area contributed by atoms with Gasteiger partial charge in [0.1, 0.15) is 0 Å². The topological polar surface area (TPSA) is 59.8 Å². The first-order valence-electron chi connectivity index (χ1n) is 8.51. The standard InChI is InChI=1S/C21H18N4OS/c1-14-6-7-15-4-3-5-18(19(15)23-14)24-20(26)16-8-10-17(11-9-16)25-13-12-22-21(25)27-2/h3-13H,1-2H3,(H,24,26). The number of fused-ring (bicyclic) bond motifs is 1. The number of para-hydroxylation sites is 1. The summed E-state index contributed by atoms with van der Waals surface area (Å²) in [6, 6.07) is 17.2. The van der Waals surface area contributed by atoms with Crippen LogP contribution in [0, 0.1) is 6.92 Å². The van der Waals surface area contributed by atoms with Crippen LogP contribution < -0.4 is 5.32 Å². The number of benzene rings is 2. The summed E-state index contributed by atoms with van der Waals surface area (Å²) in [6.45, 7) is 1.94. The van der Waals surface area contributed by atoms with Crippen LogP contribution in [-0.4, -0.2) is 26.7 Å². The van der Waals surface area contributed by atoms with Gasteiger partial charge in [0.15, 0.2) is 5.16 Å². The van der Waals surface area contributed by atoms with Crippen molar-refractivity contribution in [1.29, 1.82) is 0 Å². The lowest BCUT2D eigenvalue weighted by atomic mass is 10.1. The molecule has 5 nitrogen and oxygen atoms in total. The van der Waals surface area contributed by atoms with Gasteiger partial charge in [-0.05, 0) is 49.6 Å². The van der Waals surface area contributed by atoms with Crippen molar-refractivity contribution in [2.24, 2.45) is 0 Å². The van der Waals surface area contributed by atoms with Gasteiger partial charge in [-0.25, -0.2) is 4.98 Å². The summed E-state index contributed by atoms with van der Waals surface area (Å²) in [5, 5.41) is 4.89. The predicted octanol–water partition coefficient (Wildman–Crippen LogP) is 4.70. The van der Waals surface area contributed by atoms with E-state index in [0.717, 1.165) is 27.4 Å². The molecule has 0 atom stereocenters. The number of hydrogen-bond acceptors (Lipinski definition) is 4. The third-order valence-corrected chi connectivity index (χ3v) is 4.97. The van der Waals surface area contributed by atoms with Crippen LogP contribution in [0.4, 0.5) is 5.69 Å². The van der Waals surface area contributed by atoms with Crippen LogP contribution in [0.3, 0.4) is 0 Å². The van der Waals surface area contributed by atoms with Crippen molar-refractivity contribution in [3.63, 3.8) is 0 Å². The number of pyridine rings is 1. The molecule has 6 heteroatoms. The van der Waals surface area contributed by atoms with Crippen molar-refractivity contribution in [2.75, 3.05) is 11.6 Å². The molecule has 0 saturated heterocycles. The molecule has 0 spiro atoms. The van der Waals surface area contributed by atoms with Crippen LogP contribution in [0.15, 0.2) is 72.1 Å². The Morgan fingerprint density at radius 1 is 1.07 bits per heavy atom. The van der Waals surface area contributed by atoms with Crippen LogP contribution in [0.5, 0.6) is 0 Å². The van der Waals surface area contributed by atoms with Gasteiger partial charge in [0.2, 0.25) is 0 Å². The number of carbonyl (C=O) groups excluding carboxylic acids is 1. The fourth-order valence-electron chi connectivity index (χ4n) is 2.95. The van der Waals surface area contributed by atoms with Crippen molar-refractivity contribution in [3.8, 4) is 5.69 Å². The minimum atomic E-state index is -0.159. The van der Waals surface area contributed by atoms with Crippen molar-refractivity contribution in [1.82, 2.24) is 14.5 Å². The smallest absolute Gasteiger partial charge is 0.255 e. The predicted molar refractivity (Wildman–Crippen MR) is 110 cm³/mol. The molecule has 0 aliphatic heterocycles. The average molecular weight is 374 g/mol. The van der Waals surface area contributed by atoms with Gasteiger partial charge in [-0.1, -0.05) is 30.0 Å². The van der Waals surface area contributed by atoms with Crippen LogP contribution in [0.2, 0.25) is 0 Å². The summed E-state index contributed by atoms with van der Waals surface area (Å²) < 4.78 is 1.99. The Morgan fingerprint density at radius 3 is 2.67 bits per heavy atom. The van der Waals surface area contributed by atoms with Crippen LogP contribution in [-0.2, 0) is 0 Å². The Bertz CT molecular complexity index is 1120. The monoisotopic (exact) mass is 374 g/mol. The number of amides is 1. The van der Waals surface area contributed by atoms with Gasteiger partial charge in [0.25, 0.3) is 5.91 Å². The molecule has 27 heavy (non-hydrogen) atoms. The molecule has 2 aromatic carbocycles. The van der Waals surface area contributed by atoms with Crippen LogP contribution in [0.25, 0.3) is 16.6 Å². The number of rotatable bonds is 4. The molecule has 2 aromatic heterocycles. The summed E-state index contributed by atoms with van der Waals surface area (Å²) in [5.74, 6) is -0.159. The molecule has 0 bridgehead atoms. The summed E-state index contributed by atoms with van der Waals surface area (Å²) in [6.07, 6.45) is 5.66. The summed E-state index contributed by atoms with van der Waals surface area (Å²) in [4.78, 5) is 21.6. The molecule has 0 saturated carbocycles. The molecule has 4 rings (SSSR count). The van der Waals surface area contributed by atoms with E-state index < -0.39 is 0 Å². The maximum Gasteiger partial charge on any atom is 0.255 e. The minimum absolute atomic E-state index is 0.159. The van der Waals surface area contributed by atoms with Gasteiger partial charge in [-0.2, -0.15) is 0 Å². The van der Waals surface area contributed by atoms with E-state index in [1.807, 2.05) is 78.5 Å². The lowest BCUT2D eigenvalue weighted by Gasteiger charge is -2.10. The second-order valence-corrected chi connectivity index (χ2v) is 6.89. The molecule has 1 N–H and O–H groups in total. The highest BCUT2D eigenvalue weighted by Gasteiger charge is 2.10. The van der Waals surface area contributed by atoms with E-state index in [1.165, 1.54) is 0 Å². The van der Waals surface area contributed by atoms with Gasteiger partial charge in [-0.15, -0.1) is 0 Å². The molecule has 0 fully saturated rings. The number of thioether (sulfide) groups is 1.